The number of primary amides is 1. The number of hydrogen-bond donors (Lipinski definition) is 2. The Balaban J connectivity index is 2.51. The molecular formula is C21H26N4O3. The van der Waals surface area contributed by atoms with Crippen molar-refractivity contribution in [1.82, 2.24) is 5.43 Å². The summed E-state index contributed by atoms with van der Waals surface area (Å²) in [5, 5.41) is 16.0. The van der Waals surface area contributed by atoms with Crippen molar-refractivity contribution >= 4 is 11.7 Å². The van der Waals surface area contributed by atoms with Crippen molar-refractivity contribution in [2.24, 2.45) is 10.8 Å². The average Bonchev–Trinajstić information content (AvgIpc) is 2.63. The number of nitrogens with one attached hydrogen (secondary N) is 1. The first-order chi connectivity index (χ1) is 13.1. The van der Waals surface area contributed by atoms with Gasteiger partial charge in [0.25, 0.3) is 0 Å². The number of nitrogens with two attached hydrogens (primary N) is 1. The van der Waals surface area contributed by atoms with E-state index in [0.29, 0.717) is 5.71 Å². The molecule has 0 aliphatic heterocycles. The van der Waals surface area contributed by atoms with E-state index in [2.05, 4.69) is 10.5 Å². The predicted molar refractivity (Wildman–Crippen MR) is 110 cm³/mol. The number of urea groups is 1. The molecule has 0 aliphatic carbocycles. The van der Waals surface area contributed by atoms with E-state index in [9.17, 15) is 14.9 Å². The summed E-state index contributed by atoms with van der Waals surface area (Å²) in [6.07, 6.45) is 0.264. The number of rotatable bonds is 7. The zero-order chi connectivity index (χ0) is 20.9. The molecule has 148 valence electrons. The summed E-state index contributed by atoms with van der Waals surface area (Å²) in [5.74, 6) is -0.460. The first kappa shape index (κ1) is 21.1. The molecule has 7 heteroatoms. The lowest BCUT2D eigenvalue weighted by Crippen LogP contribution is -2.39. The summed E-state index contributed by atoms with van der Waals surface area (Å²) in [5.41, 5.74) is 10.5. The molecule has 0 bridgehead atoms. The van der Waals surface area contributed by atoms with Crippen LogP contribution in [-0.4, -0.2) is 22.2 Å². The van der Waals surface area contributed by atoms with Crippen LogP contribution in [0.2, 0.25) is 0 Å². The van der Waals surface area contributed by atoms with Crippen LogP contribution in [0.4, 0.5) is 4.79 Å². The second kappa shape index (κ2) is 8.65. The second-order valence-corrected chi connectivity index (χ2v) is 7.48. The molecular weight excluding hydrogens is 356 g/mol. The highest BCUT2D eigenvalue weighted by Gasteiger charge is 2.42. The van der Waals surface area contributed by atoms with Gasteiger partial charge in [-0.2, -0.15) is 5.10 Å². The Morgan fingerprint density at radius 1 is 1.11 bits per heavy atom. The lowest BCUT2D eigenvalue weighted by atomic mass is 9.78. The first-order valence-corrected chi connectivity index (χ1v) is 9.01. The standard InChI is InChI=1S/C21H26N4O3/c1-14-5-9-16(10-6-14)18(21(3,4)25(27)28)13-19(23-24-20(22)26)17-11-7-15(2)8-12-17/h5-12,18H,13H2,1-4H3,(H3,22,24,26)/b23-19+. The molecule has 0 saturated carbocycles. The van der Waals surface area contributed by atoms with Crippen molar-refractivity contribution in [2.45, 2.75) is 45.6 Å². The zero-order valence-corrected chi connectivity index (χ0v) is 16.6. The zero-order valence-electron chi connectivity index (χ0n) is 16.6. The normalized spacial score (nSPS) is 13.1. The topological polar surface area (TPSA) is 111 Å². The van der Waals surface area contributed by atoms with Crippen LogP contribution in [0.3, 0.4) is 0 Å². The smallest absolute Gasteiger partial charge is 0.332 e. The lowest BCUT2D eigenvalue weighted by Gasteiger charge is -2.28. The van der Waals surface area contributed by atoms with Crippen LogP contribution >= 0.6 is 0 Å². The van der Waals surface area contributed by atoms with Gasteiger partial charge < -0.3 is 5.73 Å². The van der Waals surface area contributed by atoms with E-state index in [1.54, 1.807) is 13.8 Å². The quantitative estimate of drug-likeness (QED) is 0.430. The van der Waals surface area contributed by atoms with Gasteiger partial charge in [0, 0.05) is 25.2 Å². The van der Waals surface area contributed by atoms with Crippen molar-refractivity contribution in [3.8, 4) is 0 Å². The van der Waals surface area contributed by atoms with E-state index in [1.165, 1.54) is 0 Å². The molecule has 2 amide bonds. The van der Waals surface area contributed by atoms with Crippen LogP contribution in [0, 0.1) is 24.0 Å². The van der Waals surface area contributed by atoms with Crippen LogP contribution in [0.1, 0.15) is 48.4 Å². The molecule has 2 aromatic rings. The Hall–Kier alpha value is -3.22. The highest BCUT2D eigenvalue weighted by Crippen LogP contribution is 2.35. The summed E-state index contributed by atoms with van der Waals surface area (Å²) < 4.78 is 0. The Kier molecular flexibility index (Phi) is 6.51. The van der Waals surface area contributed by atoms with Gasteiger partial charge in [0.2, 0.25) is 5.54 Å². The Bertz CT molecular complexity index is 872. The Labute approximate surface area is 164 Å². The van der Waals surface area contributed by atoms with Crippen molar-refractivity contribution in [3.05, 3.63) is 80.9 Å². The van der Waals surface area contributed by atoms with Crippen molar-refractivity contribution < 1.29 is 9.72 Å². The fourth-order valence-corrected chi connectivity index (χ4v) is 2.99. The molecule has 1 unspecified atom stereocenters. The molecule has 1 atom stereocenters. The molecule has 28 heavy (non-hydrogen) atoms. The van der Waals surface area contributed by atoms with Crippen LogP contribution in [0.15, 0.2) is 53.6 Å². The number of carbonyl (C=O) groups excluding carboxylic acids is 1. The van der Waals surface area contributed by atoms with Gasteiger partial charge in [0.15, 0.2) is 0 Å². The third-order valence-corrected chi connectivity index (χ3v) is 4.89. The summed E-state index contributed by atoms with van der Waals surface area (Å²) in [6, 6.07) is 14.5. The molecule has 0 heterocycles. The van der Waals surface area contributed by atoms with E-state index < -0.39 is 17.5 Å². The number of hydrazone groups is 1. The molecule has 0 spiro atoms. The minimum atomic E-state index is -1.24. The average molecular weight is 382 g/mol. The molecule has 0 fully saturated rings. The van der Waals surface area contributed by atoms with E-state index in [4.69, 9.17) is 5.73 Å². The molecule has 7 nitrogen and oxygen atoms in total. The van der Waals surface area contributed by atoms with Gasteiger partial charge in [0.1, 0.15) is 0 Å². The van der Waals surface area contributed by atoms with E-state index in [-0.39, 0.29) is 11.3 Å². The SMILES string of the molecule is Cc1ccc(/C(CC(c2ccc(C)cc2)C(C)(C)[N+](=O)[O-])=N/NC(N)=O)cc1. The summed E-state index contributed by atoms with van der Waals surface area (Å²) in [7, 11) is 0. The number of aryl methyl sites for hydroxylation is 2. The van der Waals surface area contributed by atoms with Gasteiger partial charge in [-0.1, -0.05) is 59.7 Å². The van der Waals surface area contributed by atoms with E-state index in [0.717, 1.165) is 22.3 Å². The fourth-order valence-electron chi connectivity index (χ4n) is 2.99. The predicted octanol–water partition coefficient (Wildman–Crippen LogP) is 3.91. The number of nitro groups is 1. The summed E-state index contributed by atoms with van der Waals surface area (Å²) >= 11 is 0. The maximum absolute atomic E-state index is 11.8. The van der Waals surface area contributed by atoms with Crippen LogP contribution in [-0.2, 0) is 0 Å². The lowest BCUT2D eigenvalue weighted by molar-refractivity contribution is -0.565. The van der Waals surface area contributed by atoms with Gasteiger partial charge in [0.05, 0.1) is 11.6 Å². The van der Waals surface area contributed by atoms with Crippen LogP contribution < -0.4 is 11.2 Å². The van der Waals surface area contributed by atoms with Crippen molar-refractivity contribution in [2.75, 3.05) is 0 Å². The largest absolute Gasteiger partial charge is 0.350 e. The maximum atomic E-state index is 11.8. The third kappa shape index (κ3) is 5.16. The summed E-state index contributed by atoms with van der Waals surface area (Å²) in [4.78, 5) is 22.7. The number of hydrogen-bond acceptors (Lipinski definition) is 4. The van der Waals surface area contributed by atoms with Gasteiger partial charge in [-0.3, -0.25) is 10.1 Å². The Morgan fingerprint density at radius 3 is 2.07 bits per heavy atom. The molecule has 2 rings (SSSR count). The Morgan fingerprint density at radius 2 is 1.61 bits per heavy atom. The monoisotopic (exact) mass is 382 g/mol. The number of benzene rings is 2. The fraction of sp³-hybridized carbons (Fsp3) is 0.333. The molecule has 0 saturated heterocycles. The van der Waals surface area contributed by atoms with Gasteiger partial charge in [-0.05, 0) is 25.0 Å². The highest BCUT2D eigenvalue weighted by atomic mass is 16.6. The molecule has 2 aromatic carbocycles. The highest BCUT2D eigenvalue weighted by molar-refractivity contribution is 6.01. The van der Waals surface area contributed by atoms with Crippen LogP contribution in [0.25, 0.3) is 0 Å². The van der Waals surface area contributed by atoms with Crippen molar-refractivity contribution in [3.63, 3.8) is 0 Å². The minimum Gasteiger partial charge on any atom is -0.350 e. The van der Waals surface area contributed by atoms with E-state index >= 15 is 0 Å². The summed E-state index contributed by atoms with van der Waals surface area (Å²) in [6.45, 7) is 7.14. The molecule has 0 aromatic heterocycles. The third-order valence-electron chi connectivity index (χ3n) is 4.89. The van der Waals surface area contributed by atoms with Crippen molar-refractivity contribution in [1.29, 1.82) is 0 Å². The maximum Gasteiger partial charge on any atom is 0.332 e. The van der Waals surface area contributed by atoms with Crippen LogP contribution in [0.5, 0.6) is 0 Å². The first-order valence-electron chi connectivity index (χ1n) is 9.01. The van der Waals surface area contributed by atoms with Gasteiger partial charge in [-0.25, -0.2) is 10.2 Å². The molecule has 3 N–H and O–H groups in total. The van der Waals surface area contributed by atoms with Gasteiger partial charge in [-0.15, -0.1) is 0 Å². The number of amides is 2. The minimum absolute atomic E-state index is 0.264. The molecule has 0 radical (unpaired) electrons. The number of carbonyl (C=O) groups is 1. The van der Waals surface area contributed by atoms with Gasteiger partial charge >= 0.3 is 6.03 Å². The van der Waals surface area contributed by atoms with E-state index in [1.807, 2.05) is 62.4 Å². The molecule has 0 aliphatic rings. The number of nitrogens with zero attached hydrogens (tertiary/aromatic N) is 2. The second-order valence-electron chi connectivity index (χ2n) is 7.48.